The van der Waals surface area contributed by atoms with Crippen LogP contribution in [-0.4, -0.2) is 42.1 Å². The van der Waals surface area contributed by atoms with Crippen LogP contribution in [0.15, 0.2) is 48.5 Å². The van der Waals surface area contributed by atoms with Crippen LogP contribution in [0.2, 0.25) is 0 Å². The zero-order valence-electron chi connectivity index (χ0n) is 15.8. The van der Waals surface area contributed by atoms with Crippen molar-refractivity contribution in [2.24, 2.45) is 5.92 Å². The van der Waals surface area contributed by atoms with Crippen LogP contribution in [0, 0.1) is 11.7 Å². The maximum atomic E-state index is 14.6. The van der Waals surface area contributed by atoms with Crippen LogP contribution in [0.1, 0.15) is 30.1 Å². The van der Waals surface area contributed by atoms with Gasteiger partial charge in [-0.2, -0.15) is 0 Å². The lowest BCUT2D eigenvalue weighted by atomic mass is 9.89. The Morgan fingerprint density at radius 3 is 2.57 bits per heavy atom. The molecule has 28 heavy (non-hydrogen) atoms. The maximum absolute atomic E-state index is 14.6. The number of halogens is 1. The fourth-order valence-corrected chi connectivity index (χ4v) is 3.49. The third-order valence-corrected chi connectivity index (χ3v) is 4.97. The number of carbonyl (C=O) groups is 3. The van der Waals surface area contributed by atoms with E-state index in [9.17, 15) is 18.8 Å². The lowest BCUT2D eigenvalue weighted by molar-refractivity contribution is -0.133. The molecule has 2 aromatic rings. The van der Waals surface area contributed by atoms with Crippen LogP contribution >= 0.6 is 0 Å². The molecule has 1 saturated heterocycles. The molecule has 146 valence electrons. The second-order valence-electron chi connectivity index (χ2n) is 7.01. The van der Waals surface area contributed by atoms with E-state index >= 15 is 0 Å². The predicted molar refractivity (Wildman–Crippen MR) is 104 cm³/mol. The van der Waals surface area contributed by atoms with Gasteiger partial charge in [0.15, 0.2) is 5.78 Å². The van der Waals surface area contributed by atoms with Gasteiger partial charge in [0, 0.05) is 37.1 Å². The molecule has 2 amide bonds. The summed E-state index contributed by atoms with van der Waals surface area (Å²) in [6, 6.07) is 13.7. The van der Waals surface area contributed by atoms with Crippen molar-refractivity contribution in [2.75, 3.05) is 19.6 Å². The molecule has 6 heteroatoms. The molecule has 2 aromatic carbocycles. The van der Waals surface area contributed by atoms with Gasteiger partial charge in [-0.15, -0.1) is 0 Å². The first-order valence-corrected chi connectivity index (χ1v) is 9.37. The van der Waals surface area contributed by atoms with E-state index in [0.717, 1.165) is 5.56 Å². The third kappa shape index (κ3) is 4.63. The summed E-state index contributed by atoms with van der Waals surface area (Å²) in [6.07, 6.45) is 1.36. The van der Waals surface area contributed by atoms with Gasteiger partial charge >= 0.3 is 0 Å². The Kier molecular flexibility index (Phi) is 6.19. The number of hydrogen-bond donors (Lipinski definition) is 1. The fourth-order valence-electron chi connectivity index (χ4n) is 3.49. The Hall–Kier alpha value is -3.02. The van der Waals surface area contributed by atoms with Crippen LogP contribution in [0.4, 0.5) is 4.39 Å². The van der Waals surface area contributed by atoms with Gasteiger partial charge in [-0.3, -0.25) is 14.4 Å². The van der Waals surface area contributed by atoms with Crippen molar-refractivity contribution in [3.8, 4) is 11.1 Å². The zero-order valence-corrected chi connectivity index (χ0v) is 15.8. The number of ketones is 1. The summed E-state index contributed by atoms with van der Waals surface area (Å²) in [7, 11) is 0. The highest BCUT2D eigenvalue weighted by Gasteiger charge is 2.29. The first-order chi connectivity index (χ1) is 13.5. The molecule has 0 bridgehead atoms. The first kappa shape index (κ1) is 19.7. The number of amides is 2. The van der Waals surface area contributed by atoms with Crippen molar-refractivity contribution in [2.45, 2.75) is 19.8 Å². The van der Waals surface area contributed by atoms with Crippen LogP contribution in [0.5, 0.6) is 0 Å². The minimum atomic E-state index is -0.438. The van der Waals surface area contributed by atoms with Crippen molar-refractivity contribution >= 4 is 17.6 Å². The number of rotatable bonds is 5. The minimum absolute atomic E-state index is 0.0728. The molecule has 1 atom stereocenters. The molecule has 1 N–H and O–H groups in total. The molecule has 5 nitrogen and oxygen atoms in total. The van der Waals surface area contributed by atoms with Crippen molar-refractivity contribution < 1.29 is 18.8 Å². The number of carbonyl (C=O) groups excluding carboxylic acids is 3. The zero-order chi connectivity index (χ0) is 20.1. The standard InChI is InChI=1S/C22H23FN2O3/c1-15(26)24-13-21(27)25-11-5-8-18(14-25)22(28)17-9-10-19(20(23)12-17)16-6-3-2-4-7-16/h2-4,6-7,9-10,12,18H,5,8,11,13-14H2,1H3,(H,24,26)/t18-/m0/s1. The normalized spacial score (nSPS) is 16.5. The smallest absolute Gasteiger partial charge is 0.241 e. The molecule has 1 aliphatic heterocycles. The Morgan fingerprint density at radius 2 is 1.89 bits per heavy atom. The Balaban J connectivity index is 1.70. The highest BCUT2D eigenvalue weighted by atomic mass is 19.1. The topological polar surface area (TPSA) is 66.5 Å². The number of benzene rings is 2. The van der Waals surface area contributed by atoms with Gasteiger partial charge in [0.2, 0.25) is 11.8 Å². The molecule has 1 aliphatic rings. The summed E-state index contributed by atoms with van der Waals surface area (Å²) in [5.74, 6) is -1.44. The molecule has 0 aromatic heterocycles. The van der Waals surface area contributed by atoms with Gasteiger partial charge in [0.1, 0.15) is 5.82 Å². The number of hydrogen-bond acceptors (Lipinski definition) is 3. The van der Waals surface area contributed by atoms with Crippen LogP contribution in [0.3, 0.4) is 0 Å². The third-order valence-electron chi connectivity index (χ3n) is 4.97. The Labute approximate surface area is 163 Å². The Bertz CT molecular complexity index is 883. The molecule has 0 unspecified atom stereocenters. The highest BCUT2D eigenvalue weighted by molar-refractivity contribution is 5.99. The van der Waals surface area contributed by atoms with Crippen LogP contribution in [0.25, 0.3) is 11.1 Å². The number of Topliss-reactive ketones (excluding diaryl/α,β-unsaturated/α-hetero) is 1. The van der Waals surface area contributed by atoms with Crippen LogP contribution in [-0.2, 0) is 9.59 Å². The van der Waals surface area contributed by atoms with Gasteiger partial charge in [0.05, 0.1) is 6.54 Å². The van der Waals surface area contributed by atoms with E-state index in [2.05, 4.69) is 5.32 Å². The summed E-state index contributed by atoms with van der Waals surface area (Å²) >= 11 is 0. The van der Waals surface area contributed by atoms with Gasteiger partial charge in [-0.1, -0.05) is 42.5 Å². The van der Waals surface area contributed by atoms with E-state index in [1.807, 2.05) is 30.3 Å². The lowest BCUT2D eigenvalue weighted by Crippen LogP contribution is -2.46. The summed E-state index contributed by atoms with van der Waals surface area (Å²) in [4.78, 5) is 37.6. The number of piperidine rings is 1. The van der Waals surface area contributed by atoms with Crippen molar-refractivity contribution in [3.63, 3.8) is 0 Å². The molecule has 3 rings (SSSR count). The van der Waals surface area contributed by atoms with Crippen molar-refractivity contribution in [3.05, 3.63) is 59.9 Å². The molecule has 0 aliphatic carbocycles. The fraction of sp³-hybridized carbons (Fsp3) is 0.318. The van der Waals surface area contributed by atoms with E-state index < -0.39 is 5.82 Å². The first-order valence-electron chi connectivity index (χ1n) is 9.37. The maximum Gasteiger partial charge on any atom is 0.241 e. The van der Waals surface area contributed by atoms with E-state index in [1.165, 1.54) is 13.0 Å². The molecular weight excluding hydrogens is 359 g/mol. The van der Waals surface area contributed by atoms with E-state index in [1.54, 1.807) is 17.0 Å². The average Bonchev–Trinajstić information content (AvgIpc) is 2.72. The quantitative estimate of drug-likeness (QED) is 0.809. The molecule has 0 saturated carbocycles. The summed E-state index contributed by atoms with van der Waals surface area (Å²) in [5.41, 5.74) is 1.53. The van der Waals surface area contributed by atoms with Gasteiger partial charge in [-0.25, -0.2) is 4.39 Å². The number of likely N-dealkylation sites (tertiary alicyclic amines) is 1. The molecular formula is C22H23FN2O3. The Morgan fingerprint density at radius 1 is 1.14 bits per heavy atom. The van der Waals surface area contributed by atoms with Crippen LogP contribution < -0.4 is 5.32 Å². The van der Waals surface area contributed by atoms with Crippen molar-refractivity contribution in [1.29, 1.82) is 0 Å². The van der Waals surface area contributed by atoms with E-state index in [0.29, 0.717) is 37.1 Å². The largest absolute Gasteiger partial charge is 0.347 e. The van der Waals surface area contributed by atoms with E-state index in [4.69, 9.17) is 0 Å². The van der Waals surface area contributed by atoms with Gasteiger partial charge in [0.25, 0.3) is 0 Å². The van der Waals surface area contributed by atoms with Gasteiger partial charge in [-0.05, 0) is 24.5 Å². The number of nitrogens with zero attached hydrogens (tertiary/aromatic N) is 1. The second kappa shape index (κ2) is 8.78. The molecule has 0 spiro atoms. The number of nitrogens with one attached hydrogen (secondary N) is 1. The predicted octanol–water partition coefficient (Wildman–Crippen LogP) is 3.05. The summed E-state index contributed by atoms with van der Waals surface area (Å²) in [6.45, 7) is 2.13. The van der Waals surface area contributed by atoms with E-state index in [-0.39, 0.29) is 30.1 Å². The second-order valence-corrected chi connectivity index (χ2v) is 7.01. The highest BCUT2D eigenvalue weighted by Crippen LogP contribution is 2.26. The summed E-state index contributed by atoms with van der Waals surface area (Å²) in [5, 5.41) is 2.48. The average molecular weight is 382 g/mol. The molecule has 1 heterocycles. The van der Waals surface area contributed by atoms with Gasteiger partial charge < -0.3 is 10.2 Å². The summed E-state index contributed by atoms with van der Waals surface area (Å²) < 4.78 is 14.6. The SMILES string of the molecule is CC(=O)NCC(=O)N1CCC[C@H](C(=O)c2ccc(-c3ccccc3)c(F)c2)C1. The van der Waals surface area contributed by atoms with Crippen molar-refractivity contribution in [1.82, 2.24) is 10.2 Å². The monoisotopic (exact) mass is 382 g/mol. The molecule has 1 fully saturated rings. The molecule has 0 radical (unpaired) electrons. The minimum Gasteiger partial charge on any atom is -0.347 e. The lowest BCUT2D eigenvalue weighted by Gasteiger charge is -2.32.